The fourth-order valence-electron chi connectivity index (χ4n) is 3.73. The van der Waals surface area contributed by atoms with Gasteiger partial charge in [-0.2, -0.15) is 5.10 Å². The van der Waals surface area contributed by atoms with Crippen LogP contribution in [0.1, 0.15) is 39.0 Å². The van der Waals surface area contributed by atoms with Gasteiger partial charge in [0.25, 0.3) is 11.8 Å². The molecule has 4 rings (SSSR count). The molecule has 2 N–H and O–H groups in total. The molecule has 0 unspecified atom stereocenters. The predicted molar refractivity (Wildman–Crippen MR) is 126 cm³/mol. The summed E-state index contributed by atoms with van der Waals surface area (Å²) in [6.45, 7) is 2.21. The first-order valence-corrected chi connectivity index (χ1v) is 11.4. The number of nitrogens with one attached hydrogen (secondary N) is 2. The second kappa shape index (κ2) is 9.38. The van der Waals surface area contributed by atoms with Crippen LogP contribution in [0.2, 0.25) is 0 Å². The number of nitrogens with zero attached hydrogens (tertiary/aromatic N) is 3. The zero-order valence-electron chi connectivity index (χ0n) is 18.6. The number of hydrogen-bond acceptors (Lipinski definition) is 4. The van der Waals surface area contributed by atoms with Gasteiger partial charge in [0.05, 0.1) is 6.54 Å². The Bertz CT molecular complexity index is 1260. The van der Waals surface area contributed by atoms with Crippen LogP contribution in [-0.2, 0) is 24.4 Å². The molecule has 34 heavy (non-hydrogen) atoms. The van der Waals surface area contributed by atoms with Gasteiger partial charge >= 0.3 is 0 Å². The topological polar surface area (TPSA) is 96.3 Å². The molecule has 0 spiro atoms. The Morgan fingerprint density at radius 1 is 1.09 bits per heavy atom. The zero-order chi connectivity index (χ0) is 24.5. The maximum atomic E-state index is 13.1. The fraction of sp³-hybridized carbons (Fsp3) is 0.250. The summed E-state index contributed by atoms with van der Waals surface area (Å²) in [6, 6.07) is 14.8. The van der Waals surface area contributed by atoms with Crippen LogP contribution in [0, 0.1) is 5.82 Å². The molecule has 2 heterocycles. The number of fused-ring (bicyclic) bond motifs is 1. The Kier molecular flexibility index (Phi) is 6.52. The van der Waals surface area contributed by atoms with Crippen LogP contribution >= 0.6 is 15.9 Å². The van der Waals surface area contributed by atoms with Crippen molar-refractivity contribution in [2.24, 2.45) is 0 Å². The number of halogens is 2. The summed E-state index contributed by atoms with van der Waals surface area (Å²) in [5.41, 5.74) is 0.752. The van der Waals surface area contributed by atoms with Crippen molar-refractivity contribution in [1.29, 1.82) is 0 Å². The van der Waals surface area contributed by atoms with E-state index in [0.717, 1.165) is 15.6 Å². The van der Waals surface area contributed by atoms with Crippen LogP contribution in [0.5, 0.6) is 0 Å². The summed E-state index contributed by atoms with van der Waals surface area (Å²) in [5, 5.41) is 9.90. The predicted octanol–water partition coefficient (Wildman–Crippen LogP) is 2.88. The highest BCUT2D eigenvalue weighted by Crippen LogP contribution is 2.26. The van der Waals surface area contributed by atoms with E-state index in [1.807, 2.05) is 24.3 Å². The minimum Gasteiger partial charge on any atom is -0.350 e. The summed E-state index contributed by atoms with van der Waals surface area (Å²) in [7, 11) is 1.54. The van der Waals surface area contributed by atoms with Crippen LogP contribution < -0.4 is 10.6 Å². The monoisotopic (exact) mass is 527 g/mol. The van der Waals surface area contributed by atoms with E-state index in [4.69, 9.17) is 0 Å². The molecule has 0 saturated carbocycles. The second-order valence-corrected chi connectivity index (χ2v) is 9.25. The van der Waals surface area contributed by atoms with Crippen molar-refractivity contribution in [3.8, 4) is 0 Å². The first-order chi connectivity index (χ1) is 16.2. The lowest BCUT2D eigenvalue weighted by Gasteiger charge is -2.40. The normalized spacial score (nSPS) is 17.3. The molecular weight excluding hydrogens is 505 g/mol. The molecule has 3 aromatic rings. The van der Waals surface area contributed by atoms with E-state index < -0.39 is 17.4 Å². The van der Waals surface area contributed by atoms with E-state index in [-0.39, 0.29) is 36.2 Å². The Morgan fingerprint density at radius 2 is 1.79 bits per heavy atom. The maximum Gasteiger partial charge on any atom is 0.272 e. The first kappa shape index (κ1) is 23.6. The third kappa shape index (κ3) is 4.72. The summed E-state index contributed by atoms with van der Waals surface area (Å²) in [4.78, 5) is 40.1. The molecule has 176 valence electrons. The van der Waals surface area contributed by atoms with Crippen molar-refractivity contribution < 1.29 is 18.8 Å². The molecule has 1 aliphatic heterocycles. The van der Waals surface area contributed by atoms with Crippen LogP contribution in [0.4, 0.5) is 4.39 Å². The van der Waals surface area contributed by atoms with Gasteiger partial charge in [0.2, 0.25) is 5.91 Å². The number of carbonyl (C=O) groups excluding carboxylic acids is 3. The highest BCUT2D eigenvalue weighted by molar-refractivity contribution is 9.10. The van der Waals surface area contributed by atoms with Crippen molar-refractivity contribution in [2.45, 2.75) is 32.1 Å². The largest absolute Gasteiger partial charge is 0.350 e. The standard InChI is InChI=1S/C24H23BrFN5O3/c1-24(23(34)28-12-15-6-8-18(26)9-7-15)14-31-20(22(33)30(24)2)11-19(29-31)21(32)27-13-16-4-3-5-17(25)10-16/h3-11H,12-14H2,1-2H3,(H,27,32)(H,28,34)/t24-/m1/s1. The van der Waals surface area contributed by atoms with Crippen LogP contribution in [0.3, 0.4) is 0 Å². The third-order valence-electron chi connectivity index (χ3n) is 5.93. The molecule has 0 aliphatic carbocycles. The van der Waals surface area contributed by atoms with Crippen molar-refractivity contribution in [2.75, 3.05) is 7.05 Å². The van der Waals surface area contributed by atoms with Gasteiger partial charge in [-0.3, -0.25) is 19.1 Å². The summed E-state index contributed by atoms with van der Waals surface area (Å²) >= 11 is 3.40. The average molecular weight is 528 g/mol. The highest BCUT2D eigenvalue weighted by Gasteiger charge is 2.46. The third-order valence-corrected chi connectivity index (χ3v) is 6.43. The number of amides is 3. The molecule has 2 aromatic carbocycles. The van der Waals surface area contributed by atoms with E-state index in [9.17, 15) is 18.8 Å². The van der Waals surface area contributed by atoms with E-state index in [2.05, 4.69) is 31.7 Å². The molecule has 0 radical (unpaired) electrons. The van der Waals surface area contributed by atoms with Gasteiger partial charge in [-0.05, 0) is 42.3 Å². The van der Waals surface area contributed by atoms with Gasteiger partial charge in [0.1, 0.15) is 17.1 Å². The number of carbonyl (C=O) groups is 3. The number of likely N-dealkylation sites (N-methyl/N-ethyl adjacent to an activating group) is 1. The van der Waals surface area contributed by atoms with Crippen LogP contribution in [0.15, 0.2) is 59.1 Å². The molecule has 0 bridgehead atoms. The Labute approximate surface area is 204 Å². The molecule has 8 nitrogen and oxygen atoms in total. The van der Waals surface area contributed by atoms with Crippen molar-refractivity contribution >= 4 is 33.7 Å². The fourth-order valence-corrected chi connectivity index (χ4v) is 4.18. The minimum absolute atomic E-state index is 0.0821. The maximum absolute atomic E-state index is 13.1. The SMILES string of the molecule is CN1C(=O)c2cc(C(=O)NCc3cccc(Br)c3)nn2C[C@]1(C)C(=O)NCc1ccc(F)cc1. The number of benzene rings is 2. The lowest BCUT2D eigenvalue weighted by atomic mass is 9.96. The van der Waals surface area contributed by atoms with Crippen LogP contribution in [0.25, 0.3) is 0 Å². The molecule has 1 aromatic heterocycles. The smallest absolute Gasteiger partial charge is 0.272 e. The molecule has 1 aliphatic rings. The molecular formula is C24H23BrFN5O3. The lowest BCUT2D eigenvalue weighted by Crippen LogP contribution is -2.62. The van der Waals surface area contributed by atoms with E-state index in [0.29, 0.717) is 6.54 Å². The summed E-state index contributed by atoms with van der Waals surface area (Å²) in [6.07, 6.45) is 0. The number of rotatable bonds is 6. The van der Waals surface area contributed by atoms with Gasteiger partial charge in [0, 0.05) is 30.7 Å². The minimum atomic E-state index is -1.22. The van der Waals surface area contributed by atoms with Gasteiger partial charge < -0.3 is 15.5 Å². The molecule has 1 atom stereocenters. The highest BCUT2D eigenvalue weighted by atomic mass is 79.9. The zero-order valence-corrected chi connectivity index (χ0v) is 20.2. The van der Waals surface area contributed by atoms with E-state index in [1.54, 1.807) is 26.1 Å². The first-order valence-electron chi connectivity index (χ1n) is 10.6. The van der Waals surface area contributed by atoms with E-state index >= 15 is 0 Å². The van der Waals surface area contributed by atoms with Crippen molar-refractivity contribution in [1.82, 2.24) is 25.3 Å². The number of hydrogen-bond donors (Lipinski definition) is 2. The summed E-state index contributed by atoms with van der Waals surface area (Å²) in [5.74, 6) is -1.57. The van der Waals surface area contributed by atoms with Gasteiger partial charge in [0.15, 0.2) is 5.69 Å². The van der Waals surface area contributed by atoms with Crippen molar-refractivity contribution in [3.63, 3.8) is 0 Å². The second-order valence-electron chi connectivity index (χ2n) is 8.33. The number of aromatic nitrogens is 2. The molecule has 3 amide bonds. The summed E-state index contributed by atoms with van der Waals surface area (Å²) < 4.78 is 15.4. The quantitative estimate of drug-likeness (QED) is 0.515. The lowest BCUT2D eigenvalue weighted by molar-refractivity contribution is -0.132. The Morgan fingerprint density at radius 3 is 2.50 bits per heavy atom. The molecule has 0 fully saturated rings. The van der Waals surface area contributed by atoms with Gasteiger partial charge in [-0.1, -0.05) is 40.2 Å². The van der Waals surface area contributed by atoms with Crippen LogP contribution in [-0.4, -0.2) is 45.0 Å². The average Bonchev–Trinajstić information content (AvgIpc) is 3.24. The van der Waals surface area contributed by atoms with Gasteiger partial charge in [-0.25, -0.2) is 4.39 Å². The van der Waals surface area contributed by atoms with E-state index in [1.165, 1.54) is 27.8 Å². The van der Waals surface area contributed by atoms with Gasteiger partial charge in [-0.15, -0.1) is 0 Å². The molecule has 10 heteroatoms. The Balaban J connectivity index is 1.46. The molecule has 0 saturated heterocycles. The Hall–Kier alpha value is -3.53. The van der Waals surface area contributed by atoms with Crippen molar-refractivity contribution in [3.05, 3.63) is 87.4 Å².